The molecule has 3 aromatic rings. The number of carbonyl (C=O) groups excluding carboxylic acids is 1. The molecule has 0 heterocycles. The molecule has 178 valence electrons. The lowest BCUT2D eigenvalue weighted by atomic mass is 10.1. The smallest absolute Gasteiger partial charge is 0.271 e. The van der Waals surface area contributed by atoms with Crippen molar-refractivity contribution in [2.75, 3.05) is 19.0 Å². The topological polar surface area (TPSA) is 124 Å². The Kier molecular flexibility index (Phi) is 8.40. The SMILES string of the molecule is CCOc1cc(/C=C(\C#N)C(=O)Nc2cc([N+](=O)[O-])ccc2OC)ccc1OCc1ccccc1. The Balaban J connectivity index is 1.83. The number of nitro benzene ring substituents is 1. The molecule has 9 heteroatoms. The summed E-state index contributed by atoms with van der Waals surface area (Å²) >= 11 is 0. The minimum Gasteiger partial charge on any atom is -0.495 e. The summed E-state index contributed by atoms with van der Waals surface area (Å²) in [6.07, 6.45) is 1.39. The first-order valence-corrected chi connectivity index (χ1v) is 10.6. The van der Waals surface area contributed by atoms with Crippen LogP contribution >= 0.6 is 0 Å². The number of amides is 1. The molecule has 0 spiro atoms. The van der Waals surface area contributed by atoms with Crippen molar-refractivity contribution in [1.29, 1.82) is 5.26 Å². The molecule has 0 unspecified atom stereocenters. The number of carbonyl (C=O) groups is 1. The Labute approximate surface area is 202 Å². The maximum atomic E-state index is 12.8. The molecule has 0 fully saturated rings. The molecule has 0 atom stereocenters. The molecular formula is C26H23N3O6. The van der Waals surface area contributed by atoms with Crippen molar-refractivity contribution in [3.8, 4) is 23.3 Å². The molecule has 0 aliphatic rings. The van der Waals surface area contributed by atoms with Gasteiger partial charge in [-0.1, -0.05) is 36.4 Å². The third-order valence-corrected chi connectivity index (χ3v) is 4.82. The van der Waals surface area contributed by atoms with Crippen LogP contribution < -0.4 is 19.5 Å². The van der Waals surface area contributed by atoms with E-state index in [0.717, 1.165) is 11.6 Å². The minimum atomic E-state index is -0.742. The standard InChI is InChI=1S/C26H23N3O6/c1-3-34-25-14-19(9-11-24(25)35-17-18-7-5-4-6-8-18)13-20(16-27)26(30)28-22-15-21(29(31)32)10-12-23(22)33-2/h4-15H,3,17H2,1-2H3,(H,28,30)/b20-13+. The first kappa shape index (κ1) is 24.8. The molecule has 9 nitrogen and oxygen atoms in total. The predicted octanol–water partition coefficient (Wildman–Crippen LogP) is 5.13. The highest BCUT2D eigenvalue weighted by atomic mass is 16.6. The van der Waals surface area contributed by atoms with Crippen LogP contribution in [0.5, 0.6) is 17.2 Å². The lowest BCUT2D eigenvalue weighted by Crippen LogP contribution is -2.14. The van der Waals surface area contributed by atoms with Gasteiger partial charge in [0.15, 0.2) is 11.5 Å². The van der Waals surface area contributed by atoms with Crippen molar-refractivity contribution >= 4 is 23.4 Å². The number of rotatable bonds is 10. The van der Waals surface area contributed by atoms with Crippen LogP contribution in [0.2, 0.25) is 0 Å². The molecule has 0 bridgehead atoms. The summed E-state index contributed by atoms with van der Waals surface area (Å²) in [4.78, 5) is 23.2. The van der Waals surface area contributed by atoms with Crippen molar-refractivity contribution in [3.05, 3.63) is 93.5 Å². The number of methoxy groups -OCH3 is 1. The molecule has 1 amide bonds. The zero-order chi connectivity index (χ0) is 25.2. The van der Waals surface area contributed by atoms with Crippen LogP contribution in [0.25, 0.3) is 6.08 Å². The van der Waals surface area contributed by atoms with E-state index in [4.69, 9.17) is 14.2 Å². The number of nitrogens with zero attached hydrogens (tertiary/aromatic N) is 2. The minimum absolute atomic E-state index is 0.0764. The lowest BCUT2D eigenvalue weighted by molar-refractivity contribution is -0.384. The van der Waals surface area contributed by atoms with Crippen LogP contribution in [0.4, 0.5) is 11.4 Å². The van der Waals surface area contributed by atoms with E-state index in [9.17, 15) is 20.2 Å². The van der Waals surface area contributed by atoms with Crippen LogP contribution in [0.3, 0.4) is 0 Å². The third-order valence-electron chi connectivity index (χ3n) is 4.82. The zero-order valence-corrected chi connectivity index (χ0v) is 19.2. The molecule has 0 saturated heterocycles. The van der Waals surface area contributed by atoms with E-state index in [1.807, 2.05) is 43.3 Å². The molecule has 0 radical (unpaired) electrons. The van der Waals surface area contributed by atoms with Gasteiger partial charge in [-0.3, -0.25) is 14.9 Å². The zero-order valence-electron chi connectivity index (χ0n) is 19.2. The fraction of sp³-hybridized carbons (Fsp3) is 0.154. The quantitative estimate of drug-likeness (QED) is 0.187. The number of nitriles is 1. The summed E-state index contributed by atoms with van der Waals surface area (Å²) in [7, 11) is 1.37. The second-order valence-corrected chi connectivity index (χ2v) is 7.18. The number of anilines is 1. The van der Waals surface area contributed by atoms with E-state index >= 15 is 0 Å². The normalized spacial score (nSPS) is 10.7. The maximum absolute atomic E-state index is 12.8. The van der Waals surface area contributed by atoms with Gasteiger partial charge in [-0.15, -0.1) is 0 Å². The van der Waals surface area contributed by atoms with Crippen LogP contribution in [0.15, 0.2) is 72.3 Å². The fourth-order valence-corrected chi connectivity index (χ4v) is 3.15. The van der Waals surface area contributed by atoms with Crippen LogP contribution in [-0.4, -0.2) is 24.5 Å². The Morgan fingerprint density at radius 1 is 1.06 bits per heavy atom. The van der Waals surface area contributed by atoms with Gasteiger partial charge in [0.25, 0.3) is 11.6 Å². The van der Waals surface area contributed by atoms with Crippen LogP contribution in [0.1, 0.15) is 18.1 Å². The largest absolute Gasteiger partial charge is 0.495 e. The van der Waals surface area contributed by atoms with E-state index in [1.54, 1.807) is 18.2 Å². The van der Waals surface area contributed by atoms with Crippen LogP contribution in [0, 0.1) is 21.4 Å². The first-order valence-electron chi connectivity index (χ1n) is 10.6. The van der Waals surface area contributed by atoms with Crippen molar-refractivity contribution in [2.45, 2.75) is 13.5 Å². The molecule has 3 aromatic carbocycles. The Bertz CT molecular complexity index is 1280. The van der Waals surface area contributed by atoms with Gasteiger partial charge in [0.2, 0.25) is 0 Å². The molecule has 0 aliphatic carbocycles. The van der Waals surface area contributed by atoms with E-state index in [0.29, 0.717) is 30.3 Å². The summed E-state index contributed by atoms with van der Waals surface area (Å²) in [6, 6.07) is 20.4. The number of hydrogen-bond acceptors (Lipinski definition) is 7. The molecule has 3 rings (SSSR count). The van der Waals surface area contributed by atoms with Gasteiger partial charge in [-0.05, 0) is 42.3 Å². The van der Waals surface area contributed by atoms with Gasteiger partial charge >= 0.3 is 0 Å². The second kappa shape index (κ2) is 11.9. The fourth-order valence-electron chi connectivity index (χ4n) is 3.15. The second-order valence-electron chi connectivity index (χ2n) is 7.18. The molecule has 0 saturated carbocycles. The van der Waals surface area contributed by atoms with Gasteiger partial charge < -0.3 is 19.5 Å². The highest BCUT2D eigenvalue weighted by molar-refractivity contribution is 6.10. The number of non-ortho nitro benzene ring substituents is 1. The number of benzene rings is 3. The Morgan fingerprint density at radius 3 is 2.46 bits per heavy atom. The molecule has 0 aromatic heterocycles. The first-order chi connectivity index (χ1) is 16.9. The molecule has 1 N–H and O–H groups in total. The van der Waals surface area contributed by atoms with Crippen molar-refractivity contribution < 1.29 is 23.9 Å². The summed E-state index contributed by atoms with van der Waals surface area (Å²) in [5, 5.41) is 23.1. The third kappa shape index (κ3) is 6.58. The van der Waals surface area contributed by atoms with E-state index in [2.05, 4.69) is 5.32 Å². The van der Waals surface area contributed by atoms with E-state index in [1.165, 1.54) is 25.3 Å². The predicted molar refractivity (Wildman–Crippen MR) is 130 cm³/mol. The number of nitro groups is 1. The highest BCUT2D eigenvalue weighted by Crippen LogP contribution is 2.31. The molecular weight excluding hydrogens is 450 g/mol. The van der Waals surface area contributed by atoms with Crippen LogP contribution in [-0.2, 0) is 11.4 Å². The highest BCUT2D eigenvalue weighted by Gasteiger charge is 2.17. The van der Waals surface area contributed by atoms with Gasteiger partial charge in [-0.25, -0.2) is 0 Å². The summed E-state index contributed by atoms with van der Waals surface area (Å²) in [5.74, 6) is 0.473. The van der Waals surface area contributed by atoms with Gasteiger partial charge in [0.05, 0.1) is 24.3 Å². The lowest BCUT2D eigenvalue weighted by Gasteiger charge is -2.13. The van der Waals surface area contributed by atoms with Crippen molar-refractivity contribution in [3.63, 3.8) is 0 Å². The Morgan fingerprint density at radius 2 is 1.80 bits per heavy atom. The van der Waals surface area contributed by atoms with Gasteiger partial charge in [-0.2, -0.15) is 5.26 Å². The molecule has 35 heavy (non-hydrogen) atoms. The summed E-state index contributed by atoms with van der Waals surface area (Å²) < 4.78 is 16.7. The maximum Gasteiger partial charge on any atom is 0.271 e. The Hall–Kier alpha value is -4.84. The number of hydrogen-bond donors (Lipinski definition) is 1. The summed E-state index contributed by atoms with van der Waals surface area (Å²) in [6.45, 7) is 2.59. The van der Waals surface area contributed by atoms with Crippen molar-refractivity contribution in [1.82, 2.24) is 0 Å². The van der Waals surface area contributed by atoms with E-state index < -0.39 is 10.8 Å². The summed E-state index contributed by atoms with van der Waals surface area (Å²) in [5.41, 5.74) is 1.18. The van der Waals surface area contributed by atoms with Gasteiger partial charge in [0, 0.05) is 12.1 Å². The monoisotopic (exact) mass is 473 g/mol. The number of ether oxygens (including phenoxy) is 3. The average molecular weight is 473 g/mol. The number of nitrogens with one attached hydrogen (secondary N) is 1. The van der Waals surface area contributed by atoms with Crippen molar-refractivity contribution in [2.24, 2.45) is 0 Å². The van der Waals surface area contributed by atoms with Gasteiger partial charge in [0.1, 0.15) is 24.0 Å². The molecule has 0 aliphatic heterocycles. The van der Waals surface area contributed by atoms with E-state index in [-0.39, 0.29) is 22.7 Å². The average Bonchev–Trinajstić information content (AvgIpc) is 2.87.